The van der Waals surface area contributed by atoms with Crippen molar-refractivity contribution in [2.24, 2.45) is 0 Å². The van der Waals surface area contributed by atoms with Crippen LogP contribution in [-0.4, -0.2) is 36.6 Å². The Kier molecular flexibility index (Phi) is 31.8. The molecule has 0 rings (SSSR count). The Morgan fingerprint density at radius 1 is 0.242 bits per heavy atom. The largest absolute Gasteiger partial charge is 0.396 e. The van der Waals surface area contributed by atoms with E-state index in [4.69, 9.17) is 14.9 Å². The third kappa shape index (κ3) is 31.9. The Labute approximate surface area is 208 Å². The lowest BCUT2D eigenvalue weighted by Crippen LogP contribution is -1.97. The minimum absolute atomic E-state index is 0.363. The Morgan fingerprint density at radius 2 is 0.424 bits per heavy atom. The van der Waals surface area contributed by atoms with E-state index < -0.39 is 0 Å². The standard InChI is InChI=1S/C30H62O3/c31-27-23-19-15-11-7-3-1-5-9-13-17-21-25-29-33-30-26-22-18-14-10-6-2-4-8-12-16-20-24-28-32/h31-32H,1-30H2. The predicted octanol–water partition coefficient (Wildman–Crippen LogP) is 9.13. The van der Waals surface area contributed by atoms with Crippen LogP contribution in [0.5, 0.6) is 0 Å². The van der Waals surface area contributed by atoms with Gasteiger partial charge in [-0.15, -0.1) is 0 Å². The molecular weight excluding hydrogens is 408 g/mol. The van der Waals surface area contributed by atoms with Gasteiger partial charge in [-0.1, -0.05) is 141 Å². The molecule has 0 amide bonds. The second kappa shape index (κ2) is 31.9. The maximum Gasteiger partial charge on any atom is 0.0466 e. The molecule has 2 N–H and O–H groups in total. The van der Waals surface area contributed by atoms with E-state index >= 15 is 0 Å². The van der Waals surface area contributed by atoms with E-state index in [2.05, 4.69) is 0 Å². The average molecular weight is 471 g/mol. The first-order valence-corrected chi connectivity index (χ1v) is 15.2. The normalized spacial score (nSPS) is 11.5. The maximum absolute atomic E-state index is 8.76. The molecule has 0 saturated carbocycles. The lowest BCUT2D eigenvalue weighted by molar-refractivity contribution is 0.125. The zero-order valence-electron chi connectivity index (χ0n) is 22.5. The summed E-state index contributed by atoms with van der Waals surface area (Å²) in [7, 11) is 0. The number of aliphatic hydroxyl groups excluding tert-OH is 2. The third-order valence-corrected chi connectivity index (χ3v) is 6.89. The summed E-state index contributed by atoms with van der Waals surface area (Å²) in [6.45, 7) is 2.66. The molecule has 0 aliphatic rings. The highest BCUT2D eigenvalue weighted by Gasteiger charge is 1.96. The van der Waals surface area contributed by atoms with Crippen LogP contribution < -0.4 is 0 Å². The molecule has 0 atom stereocenters. The van der Waals surface area contributed by atoms with Gasteiger partial charge < -0.3 is 14.9 Å². The van der Waals surface area contributed by atoms with Crippen LogP contribution in [0.4, 0.5) is 0 Å². The van der Waals surface area contributed by atoms with Crippen molar-refractivity contribution in [1.82, 2.24) is 0 Å². The summed E-state index contributed by atoms with van der Waals surface area (Å²) >= 11 is 0. The van der Waals surface area contributed by atoms with Gasteiger partial charge in [-0.05, 0) is 25.7 Å². The molecule has 0 aliphatic heterocycles. The third-order valence-electron chi connectivity index (χ3n) is 6.89. The van der Waals surface area contributed by atoms with Gasteiger partial charge in [0.2, 0.25) is 0 Å². The van der Waals surface area contributed by atoms with Crippen LogP contribution in [0.3, 0.4) is 0 Å². The molecule has 0 unspecified atom stereocenters. The van der Waals surface area contributed by atoms with E-state index in [0.717, 1.165) is 26.1 Å². The van der Waals surface area contributed by atoms with E-state index in [1.54, 1.807) is 0 Å². The fraction of sp³-hybridized carbons (Fsp3) is 1.00. The molecular formula is C30H62O3. The fourth-order valence-electron chi connectivity index (χ4n) is 4.62. The first kappa shape index (κ1) is 32.9. The van der Waals surface area contributed by atoms with E-state index in [0.29, 0.717) is 13.2 Å². The highest BCUT2D eigenvalue weighted by molar-refractivity contribution is 4.51. The lowest BCUT2D eigenvalue weighted by Gasteiger charge is -2.05. The van der Waals surface area contributed by atoms with Gasteiger partial charge >= 0.3 is 0 Å². The Morgan fingerprint density at radius 3 is 0.636 bits per heavy atom. The maximum atomic E-state index is 8.76. The summed E-state index contributed by atoms with van der Waals surface area (Å²) in [5, 5.41) is 17.5. The van der Waals surface area contributed by atoms with Gasteiger partial charge in [-0.2, -0.15) is 0 Å². The summed E-state index contributed by atoms with van der Waals surface area (Å²) in [4.78, 5) is 0. The summed E-state index contributed by atoms with van der Waals surface area (Å²) in [6.07, 6.45) is 34.5. The lowest BCUT2D eigenvalue weighted by atomic mass is 10.0. The molecule has 0 fully saturated rings. The molecule has 0 radical (unpaired) electrons. The van der Waals surface area contributed by atoms with Gasteiger partial charge in [0.15, 0.2) is 0 Å². The van der Waals surface area contributed by atoms with Crippen molar-refractivity contribution in [1.29, 1.82) is 0 Å². The number of aliphatic hydroxyl groups is 2. The summed E-state index contributed by atoms with van der Waals surface area (Å²) in [5.74, 6) is 0. The molecule has 3 nitrogen and oxygen atoms in total. The number of rotatable bonds is 30. The zero-order valence-corrected chi connectivity index (χ0v) is 22.5. The van der Waals surface area contributed by atoms with Gasteiger partial charge in [0.1, 0.15) is 0 Å². The number of unbranched alkanes of at least 4 members (excludes halogenated alkanes) is 24. The summed E-state index contributed by atoms with van der Waals surface area (Å²) < 4.78 is 5.82. The quantitative estimate of drug-likeness (QED) is 0.103. The SMILES string of the molecule is OCCCCCCCCCCCCCCCOCCCCCCCCCCCCCCCO. The molecule has 3 heteroatoms. The van der Waals surface area contributed by atoms with Crippen LogP contribution in [0.1, 0.15) is 167 Å². The molecule has 0 bridgehead atoms. The van der Waals surface area contributed by atoms with Crippen molar-refractivity contribution >= 4 is 0 Å². The minimum atomic E-state index is 0.363. The fourth-order valence-corrected chi connectivity index (χ4v) is 4.62. The Hall–Kier alpha value is -0.120. The number of hydrogen-bond acceptors (Lipinski definition) is 3. The first-order chi connectivity index (χ1) is 16.4. The van der Waals surface area contributed by atoms with Crippen molar-refractivity contribution < 1.29 is 14.9 Å². The van der Waals surface area contributed by atoms with Gasteiger partial charge in [-0.25, -0.2) is 0 Å². The van der Waals surface area contributed by atoms with Crippen LogP contribution in [0, 0.1) is 0 Å². The molecule has 200 valence electrons. The molecule has 33 heavy (non-hydrogen) atoms. The smallest absolute Gasteiger partial charge is 0.0466 e. The summed E-state index contributed by atoms with van der Waals surface area (Å²) in [5.41, 5.74) is 0. The van der Waals surface area contributed by atoms with Crippen molar-refractivity contribution in [3.8, 4) is 0 Å². The van der Waals surface area contributed by atoms with Crippen LogP contribution in [0.2, 0.25) is 0 Å². The van der Waals surface area contributed by atoms with E-state index in [9.17, 15) is 0 Å². The van der Waals surface area contributed by atoms with Crippen LogP contribution >= 0.6 is 0 Å². The van der Waals surface area contributed by atoms with Crippen LogP contribution in [-0.2, 0) is 4.74 Å². The van der Waals surface area contributed by atoms with E-state index in [1.165, 1.54) is 154 Å². The van der Waals surface area contributed by atoms with Crippen LogP contribution in [0.15, 0.2) is 0 Å². The Bertz CT molecular complexity index is 292. The minimum Gasteiger partial charge on any atom is -0.396 e. The molecule has 0 aromatic carbocycles. The van der Waals surface area contributed by atoms with Gasteiger partial charge in [-0.3, -0.25) is 0 Å². The van der Waals surface area contributed by atoms with Crippen molar-refractivity contribution in [2.45, 2.75) is 167 Å². The second-order valence-electron chi connectivity index (χ2n) is 10.3. The topological polar surface area (TPSA) is 49.7 Å². The highest BCUT2D eigenvalue weighted by atomic mass is 16.5. The second-order valence-corrected chi connectivity index (χ2v) is 10.3. The predicted molar refractivity (Wildman–Crippen MR) is 145 cm³/mol. The van der Waals surface area contributed by atoms with Crippen molar-refractivity contribution in [2.75, 3.05) is 26.4 Å². The van der Waals surface area contributed by atoms with Gasteiger partial charge in [0.05, 0.1) is 0 Å². The van der Waals surface area contributed by atoms with Gasteiger partial charge in [0, 0.05) is 26.4 Å². The van der Waals surface area contributed by atoms with Gasteiger partial charge in [0.25, 0.3) is 0 Å². The zero-order chi connectivity index (χ0) is 23.9. The first-order valence-electron chi connectivity index (χ1n) is 15.2. The molecule has 0 heterocycles. The molecule has 0 aromatic rings. The number of hydrogen-bond donors (Lipinski definition) is 2. The highest BCUT2D eigenvalue weighted by Crippen LogP contribution is 2.14. The number of ether oxygens (including phenoxy) is 1. The summed E-state index contributed by atoms with van der Waals surface area (Å²) in [6, 6.07) is 0. The molecule has 0 saturated heterocycles. The monoisotopic (exact) mass is 470 g/mol. The van der Waals surface area contributed by atoms with Crippen molar-refractivity contribution in [3.05, 3.63) is 0 Å². The molecule has 0 aromatic heterocycles. The molecule has 0 aliphatic carbocycles. The van der Waals surface area contributed by atoms with E-state index in [1.807, 2.05) is 0 Å². The average Bonchev–Trinajstić information content (AvgIpc) is 2.83. The van der Waals surface area contributed by atoms with E-state index in [-0.39, 0.29) is 0 Å². The van der Waals surface area contributed by atoms with Crippen LogP contribution in [0.25, 0.3) is 0 Å². The Balaban J connectivity index is 2.99. The van der Waals surface area contributed by atoms with Crippen molar-refractivity contribution in [3.63, 3.8) is 0 Å². The molecule has 0 spiro atoms.